The molecule has 3 aromatic rings. The highest BCUT2D eigenvalue weighted by atomic mass is 32.1. The number of hydrogen-bond acceptors (Lipinski definition) is 4. The highest BCUT2D eigenvalue weighted by Crippen LogP contribution is 2.30. The second-order valence-corrected chi connectivity index (χ2v) is 4.39. The first kappa shape index (κ1) is 9.50. The van der Waals surface area contributed by atoms with Gasteiger partial charge in [0.15, 0.2) is 0 Å². The van der Waals surface area contributed by atoms with Crippen LogP contribution in [-0.2, 0) is 6.54 Å². The quantitative estimate of drug-likeness (QED) is 0.708. The summed E-state index contributed by atoms with van der Waals surface area (Å²) in [5, 5.41) is 3.07. The molecule has 0 aliphatic heterocycles. The minimum absolute atomic E-state index is 0.492. The molecule has 0 aliphatic carbocycles. The number of nitrogens with zero attached hydrogens (tertiary/aromatic N) is 2. The molecule has 0 saturated heterocycles. The lowest BCUT2D eigenvalue weighted by Crippen LogP contribution is -1.96. The first-order chi connectivity index (χ1) is 7.90. The number of nitrogens with two attached hydrogens (primary N) is 1. The van der Waals surface area contributed by atoms with Crippen molar-refractivity contribution >= 4 is 22.4 Å². The van der Waals surface area contributed by atoms with E-state index in [2.05, 4.69) is 21.0 Å². The van der Waals surface area contributed by atoms with E-state index >= 15 is 0 Å². The molecule has 0 aromatic carbocycles. The largest absolute Gasteiger partial charge is 0.346 e. The lowest BCUT2D eigenvalue weighted by Gasteiger charge is -2.00. The lowest BCUT2D eigenvalue weighted by molar-refractivity contribution is 1.08. The molecule has 3 N–H and O–H groups in total. The third kappa shape index (κ3) is 1.33. The van der Waals surface area contributed by atoms with E-state index in [1.54, 1.807) is 17.7 Å². The summed E-state index contributed by atoms with van der Waals surface area (Å²) in [5.41, 5.74) is 8.57. The van der Waals surface area contributed by atoms with Crippen LogP contribution in [0.1, 0.15) is 5.56 Å². The van der Waals surface area contributed by atoms with Crippen LogP contribution in [0.4, 0.5) is 0 Å². The summed E-state index contributed by atoms with van der Waals surface area (Å²) in [6, 6.07) is 4.07. The third-order valence-electron chi connectivity index (χ3n) is 2.53. The molecule has 0 aliphatic rings. The normalized spacial score (nSPS) is 11.1. The van der Waals surface area contributed by atoms with Crippen molar-refractivity contribution in [1.82, 2.24) is 15.0 Å². The molecule has 0 saturated carbocycles. The van der Waals surface area contributed by atoms with Crippen molar-refractivity contribution in [3.63, 3.8) is 0 Å². The molecule has 0 spiro atoms. The second kappa shape index (κ2) is 3.70. The Labute approximate surface area is 96.2 Å². The second-order valence-electron chi connectivity index (χ2n) is 3.44. The molecule has 3 aromatic heterocycles. The minimum Gasteiger partial charge on any atom is -0.346 e. The van der Waals surface area contributed by atoms with Crippen molar-refractivity contribution in [3.8, 4) is 10.6 Å². The van der Waals surface area contributed by atoms with Crippen LogP contribution < -0.4 is 5.73 Å². The first-order valence-electron chi connectivity index (χ1n) is 4.95. The summed E-state index contributed by atoms with van der Waals surface area (Å²) >= 11 is 1.67. The van der Waals surface area contributed by atoms with Gasteiger partial charge in [0, 0.05) is 12.7 Å². The predicted octanol–water partition coefficient (Wildman–Crippen LogP) is 2.15. The number of aromatic amines is 1. The summed E-state index contributed by atoms with van der Waals surface area (Å²) in [7, 11) is 0. The van der Waals surface area contributed by atoms with Gasteiger partial charge in [0.05, 0.1) is 16.0 Å². The number of rotatable bonds is 2. The third-order valence-corrected chi connectivity index (χ3v) is 3.40. The molecular weight excluding hydrogens is 220 g/mol. The zero-order chi connectivity index (χ0) is 11.0. The van der Waals surface area contributed by atoms with Crippen LogP contribution in [0, 0.1) is 0 Å². The van der Waals surface area contributed by atoms with Crippen molar-refractivity contribution in [2.24, 2.45) is 5.73 Å². The first-order valence-corrected chi connectivity index (χ1v) is 5.83. The maximum Gasteiger partial charge on any atom is 0.141 e. The molecule has 3 rings (SSSR count). The van der Waals surface area contributed by atoms with E-state index in [1.165, 1.54) is 0 Å². The molecule has 0 bridgehead atoms. The number of fused-ring (bicyclic) bond motifs is 1. The Hall–Kier alpha value is -1.72. The zero-order valence-electron chi connectivity index (χ0n) is 8.47. The van der Waals surface area contributed by atoms with E-state index in [0.29, 0.717) is 6.54 Å². The van der Waals surface area contributed by atoms with E-state index in [9.17, 15) is 0 Å². The highest BCUT2D eigenvalue weighted by molar-refractivity contribution is 7.13. The van der Waals surface area contributed by atoms with Crippen LogP contribution in [0.15, 0.2) is 30.0 Å². The lowest BCUT2D eigenvalue weighted by atomic mass is 10.1. The zero-order valence-corrected chi connectivity index (χ0v) is 9.29. The predicted molar refractivity (Wildman–Crippen MR) is 65.1 cm³/mol. The van der Waals surface area contributed by atoms with Crippen molar-refractivity contribution in [1.29, 1.82) is 0 Å². The molecule has 0 radical (unpaired) electrons. The van der Waals surface area contributed by atoms with E-state index in [-0.39, 0.29) is 0 Å². The van der Waals surface area contributed by atoms with Crippen molar-refractivity contribution in [2.45, 2.75) is 6.54 Å². The van der Waals surface area contributed by atoms with Gasteiger partial charge in [-0.25, -0.2) is 9.97 Å². The van der Waals surface area contributed by atoms with Crippen LogP contribution in [0.3, 0.4) is 0 Å². The van der Waals surface area contributed by atoms with Gasteiger partial charge in [-0.3, -0.25) is 0 Å². The highest BCUT2D eigenvalue weighted by Gasteiger charge is 2.11. The van der Waals surface area contributed by atoms with E-state index in [4.69, 9.17) is 5.73 Å². The number of H-pyrrole nitrogens is 1. The van der Waals surface area contributed by atoms with E-state index < -0.39 is 0 Å². The monoisotopic (exact) mass is 230 g/mol. The van der Waals surface area contributed by atoms with Crippen LogP contribution >= 0.6 is 11.3 Å². The fourth-order valence-electron chi connectivity index (χ4n) is 1.79. The molecule has 80 valence electrons. The fourth-order valence-corrected chi connectivity index (χ4v) is 2.52. The molecule has 16 heavy (non-hydrogen) atoms. The minimum atomic E-state index is 0.492. The van der Waals surface area contributed by atoms with Gasteiger partial charge in [0.25, 0.3) is 0 Å². The summed E-state index contributed by atoms with van der Waals surface area (Å²) in [6.07, 6.45) is 3.48. The van der Waals surface area contributed by atoms with Crippen molar-refractivity contribution in [3.05, 3.63) is 35.6 Å². The van der Waals surface area contributed by atoms with Crippen LogP contribution in [0.2, 0.25) is 0 Å². The maximum absolute atomic E-state index is 5.71. The number of nitrogens with one attached hydrogen (secondary N) is 1. The van der Waals surface area contributed by atoms with E-state index in [1.807, 2.05) is 17.6 Å². The topological polar surface area (TPSA) is 67.6 Å². The molecule has 0 atom stereocenters. The number of aromatic nitrogens is 3. The van der Waals surface area contributed by atoms with Gasteiger partial charge < -0.3 is 10.7 Å². The summed E-state index contributed by atoms with van der Waals surface area (Å²) in [6.45, 7) is 0.492. The van der Waals surface area contributed by atoms with Crippen LogP contribution in [0.5, 0.6) is 0 Å². The van der Waals surface area contributed by atoms with Crippen LogP contribution in [-0.4, -0.2) is 15.0 Å². The molecule has 4 nitrogen and oxygen atoms in total. The Kier molecular flexibility index (Phi) is 2.19. The fraction of sp³-hybridized carbons (Fsp3) is 0.0909. The summed E-state index contributed by atoms with van der Waals surface area (Å²) in [4.78, 5) is 12.8. The standard InChI is InChI=1S/C11H10N4S/c12-4-7-5-13-11-9(7)10(14-6-15-11)8-2-1-3-16-8/h1-3,5-6H,4,12H2,(H,13,14,15). The van der Waals surface area contributed by atoms with Crippen molar-refractivity contribution in [2.75, 3.05) is 0 Å². The molecule has 3 heterocycles. The Morgan fingerprint density at radius 3 is 3.06 bits per heavy atom. The molecular formula is C11H10N4S. The molecule has 5 heteroatoms. The maximum atomic E-state index is 5.71. The smallest absolute Gasteiger partial charge is 0.141 e. The van der Waals surface area contributed by atoms with Gasteiger partial charge in [-0.1, -0.05) is 6.07 Å². The number of thiophene rings is 1. The SMILES string of the molecule is NCc1c[nH]c2ncnc(-c3cccs3)c12. The van der Waals surface area contributed by atoms with E-state index in [0.717, 1.165) is 27.2 Å². The van der Waals surface area contributed by atoms with Gasteiger partial charge in [-0.15, -0.1) is 11.3 Å². The Bertz CT molecular complexity index is 612. The van der Waals surface area contributed by atoms with Crippen LogP contribution in [0.25, 0.3) is 21.6 Å². The molecule has 0 amide bonds. The van der Waals surface area contributed by atoms with Gasteiger partial charge in [-0.05, 0) is 17.0 Å². The molecule has 0 unspecified atom stereocenters. The van der Waals surface area contributed by atoms with Gasteiger partial charge in [0.1, 0.15) is 12.0 Å². The Balaban J connectivity index is 2.35. The average molecular weight is 230 g/mol. The Morgan fingerprint density at radius 2 is 2.31 bits per heavy atom. The number of hydrogen-bond donors (Lipinski definition) is 2. The average Bonchev–Trinajstić information content (AvgIpc) is 2.97. The summed E-state index contributed by atoms with van der Waals surface area (Å²) in [5.74, 6) is 0. The van der Waals surface area contributed by atoms with Gasteiger partial charge >= 0.3 is 0 Å². The molecule has 0 fully saturated rings. The van der Waals surface area contributed by atoms with Gasteiger partial charge in [-0.2, -0.15) is 0 Å². The van der Waals surface area contributed by atoms with Crippen molar-refractivity contribution < 1.29 is 0 Å². The summed E-state index contributed by atoms with van der Waals surface area (Å²) < 4.78 is 0. The Morgan fingerprint density at radius 1 is 1.38 bits per heavy atom. The van der Waals surface area contributed by atoms with Gasteiger partial charge in [0.2, 0.25) is 0 Å².